The highest BCUT2D eigenvalue weighted by atomic mass is 31.2. The third kappa shape index (κ3) is 3.78. The summed E-state index contributed by atoms with van der Waals surface area (Å²) in [6.07, 6.45) is 4.98. The van der Waals surface area contributed by atoms with Gasteiger partial charge in [-0.1, -0.05) is 23.3 Å². The molecule has 112 valence electrons. The van der Waals surface area contributed by atoms with E-state index in [0.717, 1.165) is 0 Å². The molecule has 1 heterocycles. The Balaban J connectivity index is 2.31. The topological polar surface area (TPSA) is 87.6 Å². The van der Waals surface area contributed by atoms with Crippen LogP contribution in [0.15, 0.2) is 49.1 Å². The van der Waals surface area contributed by atoms with Crippen molar-refractivity contribution >= 4 is 14.0 Å². The van der Waals surface area contributed by atoms with E-state index in [4.69, 9.17) is 9.63 Å². The number of hydrogen-bond acceptors (Lipinski definition) is 4. The first-order valence-electron chi connectivity index (χ1n) is 6.32. The molecule has 21 heavy (non-hydrogen) atoms. The number of para-hydroxylation sites is 1. The number of aromatic nitrogens is 2. The molecule has 0 aliphatic heterocycles. The van der Waals surface area contributed by atoms with E-state index in [1.165, 1.54) is 11.3 Å². The maximum atomic E-state index is 11.0. The number of aryl methyl sites for hydroxylation is 1. The highest BCUT2D eigenvalue weighted by Crippen LogP contribution is 2.52. The molecule has 8 heteroatoms. The first-order chi connectivity index (χ1) is 9.90. The predicted molar refractivity (Wildman–Crippen MR) is 77.4 cm³/mol. The van der Waals surface area contributed by atoms with Gasteiger partial charge in [0, 0.05) is 0 Å². The van der Waals surface area contributed by atoms with Gasteiger partial charge in [0.2, 0.25) is 0 Å². The van der Waals surface area contributed by atoms with Crippen LogP contribution in [0.25, 0.3) is 0 Å². The lowest BCUT2D eigenvalue weighted by molar-refractivity contribution is -0.670. The third-order valence-electron chi connectivity index (χ3n) is 2.78. The number of benzene rings is 1. The summed E-state index contributed by atoms with van der Waals surface area (Å²) in [6, 6.07) is 7.81. The number of carbonyl (C=O) groups is 1. The molecule has 1 aromatic heterocycles. The van der Waals surface area contributed by atoms with Crippen LogP contribution in [0.2, 0.25) is 0 Å². The van der Waals surface area contributed by atoms with Crippen LogP contribution in [0, 0.1) is 0 Å². The van der Waals surface area contributed by atoms with Crippen LogP contribution in [0.5, 0.6) is 5.75 Å². The highest BCUT2D eigenvalue weighted by Gasteiger charge is 2.51. The summed E-state index contributed by atoms with van der Waals surface area (Å²) in [6.45, 7) is 1.45. The smallest absolute Gasteiger partial charge is 0.480 e. The number of hydrogen-bond donors (Lipinski definition) is 3. The Kier molecular flexibility index (Phi) is 4.57. The maximum Gasteiger partial charge on any atom is 0.581 e. The minimum atomic E-state index is -3.37. The normalized spacial score (nSPS) is 15.2. The molecule has 0 aliphatic carbocycles. The van der Waals surface area contributed by atoms with Gasteiger partial charge in [-0.2, -0.15) is 4.89 Å². The van der Waals surface area contributed by atoms with Crippen molar-refractivity contribution in [3.63, 3.8) is 0 Å². The molecule has 0 saturated heterocycles. The van der Waals surface area contributed by atoms with Gasteiger partial charge in [0.1, 0.15) is 12.2 Å². The molecule has 0 amide bonds. The molecule has 0 radical (unpaired) electrons. The largest absolute Gasteiger partial charge is 0.581 e. The summed E-state index contributed by atoms with van der Waals surface area (Å²) in [5.41, 5.74) is 0. The average molecular weight is 311 g/mol. The number of carboxylic acid groups (broad SMARTS) is 1. The van der Waals surface area contributed by atoms with Crippen LogP contribution in [0.3, 0.4) is 0 Å². The molecule has 2 rings (SSSR count). The van der Waals surface area contributed by atoms with Gasteiger partial charge in [-0.25, -0.2) is 4.57 Å². The maximum absolute atomic E-state index is 11.0. The van der Waals surface area contributed by atoms with Crippen molar-refractivity contribution in [1.82, 2.24) is 9.42 Å². The Labute approximate surface area is 123 Å². The SMILES string of the molecule is CC(N[P+](O)(Oc1ccccc1)n1cc[n+](C)c1)C(=O)O. The molecule has 2 unspecified atom stereocenters. The Bertz CT molecular complexity index is 619. The van der Waals surface area contributed by atoms with Gasteiger partial charge in [-0.15, -0.1) is 0 Å². The molecule has 0 spiro atoms. The van der Waals surface area contributed by atoms with Crippen molar-refractivity contribution in [1.29, 1.82) is 0 Å². The van der Waals surface area contributed by atoms with Crippen molar-refractivity contribution in [2.24, 2.45) is 7.05 Å². The summed E-state index contributed by atoms with van der Waals surface area (Å²) < 4.78 is 8.85. The molecule has 0 saturated carbocycles. The highest BCUT2D eigenvalue weighted by molar-refractivity contribution is 7.62. The monoisotopic (exact) mass is 311 g/mol. The molecule has 1 aromatic carbocycles. The molecular weight excluding hydrogens is 293 g/mol. The molecule has 2 aromatic rings. The number of rotatable bonds is 6. The molecule has 0 aliphatic rings. The van der Waals surface area contributed by atoms with Gasteiger partial charge in [0.25, 0.3) is 6.33 Å². The zero-order valence-electron chi connectivity index (χ0n) is 11.7. The molecule has 0 fully saturated rings. The summed E-state index contributed by atoms with van der Waals surface area (Å²) >= 11 is 0. The lowest BCUT2D eigenvalue weighted by Gasteiger charge is -2.16. The van der Waals surface area contributed by atoms with Crippen LogP contribution in [-0.4, -0.2) is 26.3 Å². The third-order valence-corrected chi connectivity index (χ3v) is 4.83. The Morgan fingerprint density at radius 1 is 1.43 bits per heavy atom. The zero-order valence-corrected chi connectivity index (χ0v) is 12.6. The lowest BCUT2D eigenvalue weighted by atomic mass is 10.3. The van der Waals surface area contributed by atoms with Gasteiger partial charge in [0.15, 0.2) is 11.9 Å². The van der Waals surface area contributed by atoms with Crippen LogP contribution >= 0.6 is 8.02 Å². The van der Waals surface area contributed by atoms with Crippen LogP contribution in [0.1, 0.15) is 6.92 Å². The van der Waals surface area contributed by atoms with Gasteiger partial charge >= 0.3 is 14.0 Å². The van der Waals surface area contributed by atoms with Crippen molar-refractivity contribution in [3.8, 4) is 5.75 Å². The van der Waals surface area contributed by atoms with E-state index in [1.807, 2.05) is 6.07 Å². The number of aliphatic carboxylic acids is 1. The summed E-state index contributed by atoms with van der Waals surface area (Å²) in [5, 5.41) is 11.7. The van der Waals surface area contributed by atoms with E-state index in [2.05, 4.69) is 5.09 Å². The first-order valence-corrected chi connectivity index (χ1v) is 7.93. The molecular formula is C13H18N3O4P+2. The van der Waals surface area contributed by atoms with Crippen molar-refractivity contribution in [3.05, 3.63) is 49.1 Å². The van der Waals surface area contributed by atoms with Gasteiger partial charge < -0.3 is 5.11 Å². The van der Waals surface area contributed by atoms with E-state index in [9.17, 15) is 9.69 Å². The fourth-order valence-electron chi connectivity index (χ4n) is 1.67. The molecule has 0 bridgehead atoms. The summed E-state index contributed by atoms with van der Waals surface area (Å²) in [7, 11) is -1.57. The van der Waals surface area contributed by atoms with Crippen molar-refractivity contribution in [2.45, 2.75) is 13.0 Å². The van der Waals surface area contributed by atoms with E-state index >= 15 is 0 Å². The standard InChI is InChI=1S/C13H17N3O4P/c1-11(13(17)18)14-21(19,16-9-8-15(2)10-16)20-12-6-4-3-5-7-12/h3-11,14,19H,1-2H3/q+1/p+1. The minimum Gasteiger partial charge on any atom is -0.480 e. The van der Waals surface area contributed by atoms with E-state index < -0.39 is 20.0 Å². The van der Waals surface area contributed by atoms with Crippen LogP contribution in [0.4, 0.5) is 0 Å². The quantitative estimate of drug-likeness (QED) is 0.546. The summed E-state index contributed by atoms with van der Waals surface area (Å²) in [5.74, 6) is -0.614. The second-order valence-electron chi connectivity index (χ2n) is 4.60. The second-order valence-corrected chi connectivity index (χ2v) is 6.59. The summed E-state index contributed by atoms with van der Waals surface area (Å²) in [4.78, 5) is 21.9. The van der Waals surface area contributed by atoms with Crippen LogP contribution < -0.4 is 14.2 Å². The fourth-order valence-corrected chi connectivity index (χ4v) is 3.53. The van der Waals surface area contributed by atoms with Gasteiger partial charge in [-0.05, 0) is 23.4 Å². The number of carboxylic acids is 1. The Hall–Kier alpha value is -1.95. The first kappa shape index (κ1) is 15.4. The van der Waals surface area contributed by atoms with Crippen molar-refractivity contribution < 1.29 is 23.9 Å². The Morgan fingerprint density at radius 3 is 2.62 bits per heavy atom. The minimum absolute atomic E-state index is 0.453. The second kappa shape index (κ2) is 6.22. The zero-order chi connectivity index (χ0) is 15.5. The molecule has 2 atom stereocenters. The fraction of sp³-hybridized carbons (Fsp3) is 0.231. The lowest BCUT2D eigenvalue weighted by Crippen LogP contribution is -2.38. The van der Waals surface area contributed by atoms with Gasteiger partial charge in [-0.3, -0.25) is 9.32 Å². The van der Waals surface area contributed by atoms with E-state index in [0.29, 0.717) is 5.75 Å². The van der Waals surface area contributed by atoms with Crippen molar-refractivity contribution in [2.75, 3.05) is 0 Å². The Morgan fingerprint density at radius 2 is 2.10 bits per heavy atom. The van der Waals surface area contributed by atoms with E-state index in [-0.39, 0.29) is 0 Å². The average Bonchev–Trinajstić information content (AvgIpc) is 2.87. The van der Waals surface area contributed by atoms with Gasteiger partial charge in [0.05, 0.1) is 7.05 Å². The molecule has 3 N–H and O–H groups in total. The predicted octanol–water partition coefficient (Wildman–Crippen LogP) is 0.972. The number of imidazole rings is 1. The van der Waals surface area contributed by atoms with Crippen LogP contribution in [-0.2, 0) is 11.8 Å². The number of nitrogens with one attached hydrogen (secondary N) is 1. The van der Waals surface area contributed by atoms with E-state index in [1.54, 1.807) is 54.6 Å². The molecule has 7 nitrogen and oxygen atoms in total. The number of nitrogens with zero attached hydrogens (tertiary/aromatic N) is 2.